The van der Waals surface area contributed by atoms with E-state index in [1.807, 2.05) is 0 Å². The molecule has 0 aliphatic heterocycles. The number of aliphatic hydroxyl groups excluding tert-OH is 2. The molecule has 0 aromatic heterocycles. The Morgan fingerprint density at radius 1 is 0.882 bits per heavy atom. The first-order valence-corrected chi connectivity index (χ1v) is 8.03. The summed E-state index contributed by atoms with van der Waals surface area (Å²) in [5, 5.41) is 15.2. The van der Waals surface area contributed by atoms with Crippen LogP contribution in [0.3, 0.4) is 0 Å². The standard InChI is InChI=1S/C6H17NO8P2/c8-3-1-7(2-4-9)5-6(16(10,11)12)17(13,14)15/h6,8-9H,1-5H2,(H2,10,11,12)(H2,13,14,15). The molecule has 0 radical (unpaired) electrons. The van der Waals surface area contributed by atoms with Gasteiger partial charge in [0.05, 0.1) is 13.2 Å². The zero-order valence-corrected chi connectivity index (χ0v) is 10.7. The van der Waals surface area contributed by atoms with Crippen molar-refractivity contribution in [3.05, 3.63) is 0 Å². The summed E-state index contributed by atoms with van der Waals surface area (Å²) in [6.07, 6.45) is 0. The molecular formula is C6H17NO8P2. The number of hydrogen-bond donors (Lipinski definition) is 6. The first-order chi connectivity index (χ1) is 7.62. The van der Waals surface area contributed by atoms with Crippen LogP contribution in [0.5, 0.6) is 0 Å². The summed E-state index contributed by atoms with van der Waals surface area (Å²) in [4.78, 5) is 36.6. The third-order valence-electron chi connectivity index (χ3n) is 2.03. The highest BCUT2D eigenvalue weighted by molar-refractivity contribution is 7.70. The molecule has 0 saturated heterocycles. The minimum Gasteiger partial charge on any atom is -0.395 e. The molecule has 0 atom stereocenters. The van der Waals surface area contributed by atoms with E-state index in [-0.39, 0.29) is 26.3 Å². The fourth-order valence-corrected chi connectivity index (χ4v) is 3.67. The van der Waals surface area contributed by atoms with Gasteiger partial charge in [-0.2, -0.15) is 0 Å². The maximum atomic E-state index is 11.0. The van der Waals surface area contributed by atoms with E-state index in [1.54, 1.807) is 0 Å². The smallest absolute Gasteiger partial charge is 0.342 e. The van der Waals surface area contributed by atoms with Crippen LogP contribution in [0.25, 0.3) is 0 Å². The molecule has 0 aromatic carbocycles. The molecule has 0 aromatic rings. The van der Waals surface area contributed by atoms with Crippen molar-refractivity contribution >= 4 is 15.2 Å². The summed E-state index contributed by atoms with van der Waals surface area (Å²) in [6, 6.07) is 0. The molecular weight excluding hydrogens is 276 g/mol. The molecule has 0 heterocycles. The Kier molecular flexibility index (Phi) is 7.01. The van der Waals surface area contributed by atoms with E-state index in [9.17, 15) is 9.13 Å². The zero-order valence-electron chi connectivity index (χ0n) is 8.95. The van der Waals surface area contributed by atoms with Crippen LogP contribution < -0.4 is 0 Å². The molecule has 0 spiro atoms. The van der Waals surface area contributed by atoms with Gasteiger partial charge in [-0.3, -0.25) is 14.0 Å². The van der Waals surface area contributed by atoms with Crippen molar-refractivity contribution in [3.63, 3.8) is 0 Å². The van der Waals surface area contributed by atoms with E-state index < -0.39 is 27.1 Å². The van der Waals surface area contributed by atoms with Crippen LogP contribution in [0.1, 0.15) is 0 Å². The summed E-state index contributed by atoms with van der Waals surface area (Å²) in [6.45, 7) is -1.39. The van der Waals surface area contributed by atoms with Gasteiger partial charge in [-0.05, 0) is 0 Å². The van der Waals surface area contributed by atoms with Crippen molar-refractivity contribution in [1.29, 1.82) is 0 Å². The highest BCUT2D eigenvalue weighted by Crippen LogP contribution is 2.59. The molecule has 0 unspecified atom stereocenters. The fraction of sp³-hybridized carbons (Fsp3) is 1.00. The number of hydrogen-bond acceptors (Lipinski definition) is 5. The van der Waals surface area contributed by atoms with E-state index in [0.717, 1.165) is 0 Å². The summed E-state index contributed by atoms with van der Waals surface area (Å²) >= 11 is 0. The van der Waals surface area contributed by atoms with Crippen LogP contribution in [0, 0.1) is 0 Å². The summed E-state index contributed by atoms with van der Waals surface area (Å²) in [5.74, 6) is 0. The van der Waals surface area contributed by atoms with Crippen molar-refractivity contribution < 1.29 is 38.9 Å². The van der Waals surface area contributed by atoms with Gasteiger partial charge >= 0.3 is 15.2 Å². The second-order valence-electron chi connectivity index (χ2n) is 3.41. The Morgan fingerprint density at radius 2 is 1.24 bits per heavy atom. The maximum Gasteiger partial charge on any atom is 0.342 e. The molecule has 0 saturated carbocycles. The van der Waals surface area contributed by atoms with E-state index >= 15 is 0 Å². The van der Waals surface area contributed by atoms with Gasteiger partial charge in [-0.1, -0.05) is 0 Å². The highest BCUT2D eigenvalue weighted by atomic mass is 31.2. The van der Waals surface area contributed by atoms with E-state index in [4.69, 9.17) is 29.8 Å². The molecule has 6 N–H and O–H groups in total. The van der Waals surface area contributed by atoms with Crippen LogP contribution in [0.4, 0.5) is 0 Å². The lowest BCUT2D eigenvalue weighted by Gasteiger charge is -2.27. The van der Waals surface area contributed by atoms with Crippen molar-refractivity contribution in [2.45, 2.75) is 5.40 Å². The molecule has 0 fully saturated rings. The molecule has 0 amide bonds. The summed E-state index contributed by atoms with van der Waals surface area (Å²) < 4.78 is 21.9. The Morgan fingerprint density at radius 3 is 1.47 bits per heavy atom. The monoisotopic (exact) mass is 293 g/mol. The second kappa shape index (κ2) is 6.94. The van der Waals surface area contributed by atoms with Crippen molar-refractivity contribution in [1.82, 2.24) is 4.90 Å². The Balaban J connectivity index is 4.85. The summed E-state index contributed by atoms with van der Waals surface area (Å²) in [7, 11) is -9.93. The molecule has 0 rings (SSSR count). The highest BCUT2D eigenvalue weighted by Gasteiger charge is 2.44. The Hall–Kier alpha value is 0.180. The van der Waals surface area contributed by atoms with E-state index in [1.165, 1.54) is 4.90 Å². The van der Waals surface area contributed by atoms with Gasteiger partial charge in [0.2, 0.25) is 0 Å². The lowest BCUT2D eigenvalue weighted by Crippen LogP contribution is -2.36. The third-order valence-corrected chi connectivity index (χ3v) is 5.72. The first-order valence-electron chi connectivity index (χ1n) is 4.67. The van der Waals surface area contributed by atoms with Gasteiger partial charge in [-0.15, -0.1) is 0 Å². The van der Waals surface area contributed by atoms with Crippen molar-refractivity contribution in [2.24, 2.45) is 0 Å². The van der Waals surface area contributed by atoms with Crippen LogP contribution >= 0.6 is 15.2 Å². The lowest BCUT2D eigenvalue weighted by molar-refractivity contribution is 0.160. The Labute approximate surface area is 98.0 Å². The fourth-order valence-electron chi connectivity index (χ4n) is 1.22. The number of rotatable bonds is 8. The van der Waals surface area contributed by atoms with E-state index in [0.29, 0.717) is 0 Å². The molecule has 11 heteroatoms. The predicted octanol–water partition coefficient (Wildman–Crippen LogP) is -2.05. The molecule has 0 aliphatic carbocycles. The van der Waals surface area contributed by atoms with Gasteiger partial charge in [0, 0.05) is 19.6 Å². The normalized spacial score (nSPS) is 13.6. The number of nitrogens with zero attached hydrogens (tertiary/aromatic N) is 1. The van der Waals surface area contributed by atoms with Crippen LogP contribution in [0.15, 0.2) is 0 Å². The SMILES string of the molecule is O=P(O)(O)C(CN(CCO)CCO)P(=O)(O)O. The number of aliphatic hydroxyl groups is 2. The molecule has 104 valence electrons. The van der Waals surface area contributed by atoms with Gasteiger partial charge in [0.25, 0.3) is 0 Å². The van der Waals surface area contributed by atoms with Crippen LogP contribution in [-0.2, 0) is 9.13 Å². The third kappa shape index (κ3) is 6.61. The van der Waals surface area contributed by atoms with Gasteiger partial charge in [-0.25, -0.2) is 0 Å². The predicted molar refractivity (Wildman–Crippen MR) is 58.5 cm³/mol. The molecule has 0 bridgehead atoms. The second-order valence-corrected chi connectivity index (χ2v) is 7.42. The molecule has 0 aliphatic rings. The van der Waals surface area contributed by atoms with Gasteiger partial charge in [0.1, 0.15) is 0 Å². The van der Waals surface area contributed by atoms with Gasteiger partial charge in [0.15, 0.2) is 5.40 Å². The molecule has 17 heavy (non-hydrogen) atoms. The van der Waals surface area contributed by atoms with Crippen molar-refractivity contribution in [3.8, 4) is 0 Å². The lowest BCUT2D eigenvalue weighted by atomic mass is 10.5. The van der Waals surface area contributed by atoms with Crippen LogP contribution in [0.2, 0.25) is 0 Å². The topological polar surface area (TPSA) is 159 Å². The average molecular weight is 293 g/mol. The average Bonchev–Trinajstić information content (AvgIpc) is 2.10. The van der Waals surface area contributed by atoms with Crippen molar-refractivity contribution in [2.75, 3.05) is 32.8 Å². The van der Waals surface area contributed by atoms with Gasteiger partial charge < -0.3 is 29.8 Å². The summed E-state index contributed by atoms with van der Waals surface area (Å²) in [5.41, 5.74) is 0. The minimum atomic E-state index is -4.97. The zero-order chi connectivity index (χ0) is 13.7. The quantitative estimate of drug-likeness (QED) is 0.277. The minimum absolute atomic E-state index is 0.0446. The van der Waals surface area contributed by atoms with E-state index in [2.05, 4.69) is 0 Å². The van der Waals surface area contributed by atoms with Crippen LogP contribution in [-0.4, -0.2) is 72.9 Å². The first kappa shape index (κ1) is 17.2. The largest absolute Gasteiger partial charge is 0.395 e. The Bertz CT molecular complexity index is 283. The maximum absolute atomic E-state index is 11.0. The molecule has 9 nitrogen and oxygen atoms in total.